The lowest BCUT2D eigenvalue weighted by Gasteiger charge is -2.38. The van der Waals surface area contributed by atoms with Crippen molar-refractivity contribution < 1.29 is 19.5 Å². The molecule has 90 valence electrons. The largest absolute Gasteiger partial charge is 0.566 e. The number of hydrogen-bond acceptors (Lipinski definition) is 5. The van der Waals surface area contributed by atoms with E-state index in [9.17, 15) is 10.1 Å². The zero-order chi connectivity index (χ0) is 11.7. The number of rotatable bonds is 1. The summed E-state index contributed by atoms with van der Waals surface area (Å²) in [6.07, 6.45) is -0.286. The zero-order valence-corrected chi connectivity index (χ0v) is 9.24. The number of aliphatic hydroxyl groups excluding tert-OH is 1. The molecule has 3 heterocycles. The Kier molecular flexibility index (Phi) is 1.72. The van der Waals surface area contributed by atoms with Gasteiger partial charge in [-0.25, -0.2) is 0 Å². The van der Waals surface area contributed by atoms with Crippen molar-refractivity contribution in [3.63, 3.8) is 0 Å². The number of fused-ring (bicyclic) bond motifs is 3. The molecule has 5 nitrogen and oxygen atoms in total. The molecule has 0 radical (unpaired) electrons. The van der Waals surface area contributed by atoms with Gasteiger partial charge in [0.05, 0.1) is 18.8 Å². The summed E-state index contributed by atoms with van der Waals surface area (Å²) in [4.78, 5) is 1.82. The maximum absolute atomic E-state index is 10.7. The molecule has 3 aliphatic rings. The minimum Gasteiger partial charge on any atom is -0.566 e. The molecule has 1 aromatic carbocycles. The molecule has 2 fully saturated rings. The van der Waals surface area contributed by atoms with Crippen molar-refractivity contribution in [2.75, 3.05) is 19.8 Å². The monoisotopic (exact) mass is 234 g/mol. The lowest BCUT2D eigenvalue weighted by Crippen LogP contribution is -2.60. The van der Waals surface area contributed by atoms with Gasteiger partial charge in [0.15, 0.2) is 0 Å². The van der Waals surface area contributed by atoms with Crippen molar-refractivity contribution in [3.8, 4) is 0 Å². The summed E-state index contributed by atoms with van der Waals surface area (Å²) in [7, 11) is 0. The van der Waals surface area contributed by atoms with Gasteiger partial charge in [-0.1, -0.05) is 24.3 Å². The Hall–Kier alpha value is -0.915. The third kappa shape index (κ3) is 0.952. The molecule has 2 saturated heterocycles. The minimum absolute atomic E-state index is 0.0679. The molecule has 6 heteroatoms. The lowest BCUT2D eigenvalue weighted by atomic mass is 9.64. The first-order chi connectivity index (χ1) is 8.21. The summed E-state index contributed by atoms with van der Waals surface area (Å²) < 4.78 is 11.4. The summed E-state index contributed by atoms with van der Waals surface area (Å²) in [5, 5.41) is 20.3. The second-order valence-corrected chi connectivity index (χ2v) is 5.10. The highest BCUT2D eigenvalue weighted by atomic mass is 16.6. The highest BCUT2D eigenvalue weighted by Gasteiger charge is 2.62. The number of aliphatic hydroxyl groups is 1. The molecule has 4 rings (SSSR count). The predicted octanol–water partition coefficient (Wildman–Crippen LogP) is -1.07. The summed E-state index contributed by atoms with van der Waals surface area (Å²) >= 11 is 0. The van der Waals surface area contributed by atoms with E-state index in [4.69, 9.17) is 9.39 Å². The first kappa shape index (κ1) is 10.0. The average molecular weight is 234 g/mol. The molecule has 0 spiro atoms. The smallest absolute Gasteiger partial charge is 0.348 e. The topological polar surface area (TPSA) is 62.2 Å². The van der Waals surface area contributed by atoms with Crippen LogP contribution >= 0.6 is 0 Å². The molecule has 3 atom stereocenters. The summed E-state index contributed by atoms with van der Waals surface area (Å²) in [5.41, 5.74) is 1.15. The van der Waals surface area contributed by atoms with E-state index in [1.807, 2.05) is 29.1 Å². The van der Waals surface area contributed by atoms with E-state index in [1.165, 1.54) is 0 Å². The SMILES string of the molecule is OC[C@@]12CO[C@H]3c4ccccc4[B@@-](O)(OC1)N32. The van der Waals surface area contributed by atoms with Crippen LogP contribution in [0, 0.1) is 0 Å². The fourth-order valence-electron chi connectivity index (χ4n) is 3.39. The molecule has 0 aliphatic carbocycles. The van der Waals surface area contributed by atoms with E-state index in [0.717, 1.165) is 11.0 Å². The van der Waals surface area contributed by atoms with Crippen molar-refractivity contribution in [1.82, 2.24) is 4.81 Å². The Bertz CT molecular complexity index is 498. The van der Waals surface area contributed by atoms with Crippen LogP contribution in [0.1, 0.15) is 11.8 Å². The van der Waals surface area contributed by atoms with Crippen LogP contribution in [0.5, 0.6) is 0 Å². The Morgan fingerprint density at radius 1 is 1.41 bits per heavy atom. The Morgan fingerprint density at radius 2 is 2.24 bits per heavy atom. The molecule has 2 N–H and O–H groups in total. The molecule has 0 saturated carbocycles. The van der Waals surface area contributed by atoms with Gasteiger partial charge in [0.25, 0.3) is 0 Å². The maximum Gasteiger partial charge on any atom is 0.348 e. The van der Waals surface area contributed by atoms with Crippen LogP contribution in [0.2, 0.25) is 0 Å². The highest BCUT2D eigenvalue weighted by molar-refractivity contribution is 6.79. The van der Waals surface area contributed by atoms with Gasteiger partial charge in [-0.2, -0.15) is 0 Å². The molecule has 1 aromatic rings. The van der Waals surface area contributed by atoms with Gasteiger partial charge >= 0.3 is 6.69 Å². The number of ether oxygens (including phenoxy) is 1. The maximum atomic E-state index is 10.7. The van der Waals surface area contributed by atoms with E-state index in [2.05, 4.69) is 0 Å². The van der Waals surface area contributed by atoms with E-state index < -0.39 is 12.2 Å². The van der Waals surface area contributed by atoms with Crippen LogP contribution in [-0.4, -0.2) is 47.0 Å². The fourth-order valence-corrected chi connectivity index (χ4v) is 3.39. The quantitative estimate of drug-likeness (QED) is 0.606. The molecule has 0 amide bonds. The molecule has 0 aromatic heterocycles. The van der Waals surface area contributed by atoms with Gasteiger partial charge in [0.1, 0.15) is 6.23 Å². The van der Waals surface area contributed by atoms with Crippen LogP contribution in [-0.2, 0) is 9.39 Å². The zero-order valence-electron chi connectivity index (χ0n) is 9.24. The predicted molar refractivity (Wildman–Crippen MR) is 60.3 cm³/mol. The van der Waals surface area contributed by atoms with E-state index >= 15 is 0 Å². The van der Waals surface area contributed by atoms with Crippen molar-refractivity contribution in [1.29, 1.82) is 0 Å². The number of benzene rings is 1. The highest BCUT2D eigenvalue weighted by Crippen LogP contribution is 2.48. The average Bonchev–Trinajstić information content (AvgIpc) is 2.95. The van der Waals surface area contributed by atoms with Crippen molar-refractivity contribution in [2.45, 2.75) is 11.8 Å². The molecular formula is C11H13BNO4-. The van der Waals surface area contributed by atoms with Crippen molar-refractivity contribution in [2.24, 2.45) is 0 Å². The summed E-state index contributed by atoms with van der Waals surface area (Å²) in [6.45, 7) is -1.54. The van der Waals surface area contributed by atoms with Gasteiger partial charge in [0, 0.05) is 6.61 Å². The Balaban J connectivity index is 1.95. The van der Waals surface area contributed by atoms with Crippen molar-refractivity contribution >= 4 is 12.1 Å². The third-order valence-electron chi connectivity index (χ3n) is 4.23. The van der Waals surface area contributed by atoms with Crippen LogP contribution in [0.15, 0.2) is 24.3 Å². The number of hydrogen-bond donors (Lipinski definition) is 2. The van der Waals surface area contributed by atoms with Crippen LogP contribution in [0.4, 0.5) is 0 Å². The van der Waals surface area contributed by atoms with Crippen LogP contribution < -0.4 is 5.46 Å². The van der Waals surface area contributed by atoms with Crippen LogP contribution in [0.25, 0.3) is 0 Å². The standard InChI is InChI=1S/C11H13BNO4/c14-5-11-6-16-10-8-3-1-2-4-9(8)12(15,13(10)11)17-7-11/h1-4,10,14-15H,5-7H2/q-1/t10-,11+,12+/m0/s1. The first-order valence-electron chi connectivity index (χ1n) is 5.83. The van der Waals surface area contributed by atoms with Crippen LogP contribution in [0.3, 0.4) is 0 Å². The molecule has 0 bridgehead atoms. The molecule has 0 unspecified atom stereocenters. The Morgan fingerprint density at radius 3 is 3.06 bits per heavy atom. The molecule has 17 heavy (non-hydrogen) atoms. The third-order valence-corrected chi connectivity index (χ3v) is 4.23. The summed E-state index contributed by atoms with van der Waals surface area (Å²) in [6, 6.07) is 7.60. The molecular weight excluding hydrogens is 221 g/mol. The van der Waals surface area contributed by atoms with Gasteiger partial charge in [-0.15, -0.1) is 5.46 Å². The van der Waals surface area contributed by atoms with Crippen molar-refractivity contribution in [3.05, 3.63) is 29.8 Å². The van der Waals surface area contributed by atoms with E-state index in [0.29, 0.717) is 13.2 Å². The second kappa shape index (κ2) is 2.91. The van der Waals surface area contributed by atoms with Gasteiger partial charge in [0.2, 0.25) is 0 Å². The summed E-state index contributed by atoms with van der Waals surface area (Å²) in [5.74, 6) is 0. The number of nitrogens with zero attached hydrogens (tertiary/aromatic N) is 1. The second-order valence-electron chi connectivity index (χ2n) is 5.10. The van der Waals surface area contributed by atoms with E-state index in [-0.39, 0.29) is 12.8 Å². The fraction of sp³-hybridized carbons (Fsp3) is 0.455. The minimum atomic E-state index is -2.18. The first-order valence-corrected chi connectivity index (χ1v) is 5.83. The normalized spacial score (nSPS) is 42.8. The van der Waals surface area contributed by atoms with E-state index in [1.54, 1.807) is 0 Å². The molecule has 3 aliphatic heterocycles. The van der Waals surface area contributed by atoms with Gasteiger partial charge in [-0.05, 0) is 5.56 Å². The Labute approximate surface area is 98.6 Å². The lowest BCUT2D eigenvalue weighted by molar-refractivity contribution is 0.0572. The van der Waals surface area contributed by atoms with Gasteiger partial charge < -0.3 is 24.3 Å². The van der Waals surface area contributed by atoms with Gasteiger partial charge in [-0.3, -0.25) is 0 Å².